The van der Waals surface area contributed by atoms with Gasteiger partial charge in [-0.05, 0) is 12.3 Å². The fraction of sp³-hybridized carbons (Fsp3) is 0.800. The summed E-state index contributed by atoms with van der Waals surface area (Å²) in [4.78, 5) is 22.0. The van der Waals surface area contributed by atoms with Gasteiger partial charge in [0.1, 0.15) is 0 Å². The van der Waals surface area contributed by atoms with E-state index in [2.05, 4.69) is 0 Å². The van der Waals surface area contributed by atoms with Crippen molar-refractivity contribution in [3.8, 4) is 0 Å². The Morgan fingerprint density at radius 3 is 1.76 bits per heavy atom. The number of nitrogens with one attached hydrogen (secondary N) is 1. The third-order valence-electron chi connectivity index (χ3n) is 2.07. The summed E-state index contributed by atoms with van der Waals surface area (Å²) in [5.74, 6) is -3.08. The van der Waals surface area contributed by atoms with Crippen LogP contribution in [0.2, 0.25) is 0 Å². The van der Waals surface area contributed by atoms with Crippen LogP contribution in [0.4, 0.5) is 13.2 Å². The average Bonchev–Trinajstić information content (AvgIpc) is 1.96. The smallest absolute Gasteiger partial charge is 0.422 e. The monoisotopic (exact) mass is 255 g/mol. The molecule has 0 aromatic rings. The molecule has 0 aromatic heterocycles. The fourth-order valence-electron chi connectivity index (χ4n) is 1.05. The Kier molecular flexibility index (Phi) is 4.20. The van der Waals surface area contributed by atoms with Crippen molar-refractivity contribution in [3.05, 3.63) is 0 Å². The molecule has 2 N–H and O–H groups in total. The summed E-state index contributed by atoms with van der Waals surface area (Å²) in [7, 11) is 0. The molecule has 0 radical (unpaired) electrons. The second kappa shape index (κ2) is 4.54. The van der Waals surface area contributed by atoms with E-state index in [0.717, 1.165) is 0 Å². The topological polar surface area (TPSA) is 66.4 Å². The third-order valence-corrected chi connectivity index (χ3v) is 2.07. The van der Waals surface area contributed by atoms with Gasteiger partial charge < -0.3 is 10.4 Å². The molecule has 0 saturated heterocycles. The van der Waals surface area contributed by atoms with Gasteiger partial charge in [0.15, 0.2) is 0 Å². The number of carbonyl (C=O) groups is 2. The summed E-state index contributed by atoms with van der Waals surface area (Å²) in [6.07, 6.45) is -5.24. The lowest BCUT2D eigenvalue weighted by atomic mass is 9.91. The van der Waals surface area contributed by atoms with Crippen molar-refractivity contribution in [2.75, 3.05) is 0 Å². The molecule has 1 amide bonds. The van der Waals surface area contributed by atoms with Crippen molar-refractivity contribution in [2.45, 2.75) is 45.8 Å². The van der Waals surface area contributed by atoms with Gasteiger partial charge in [-0.3, -0.25) is 4.79 Å². The number of rotatable bonds is 3. The number of aliphatic carboxylic acids is 1. The highest BCUT2D eigenvalue weighted by molar-refractivity contribution is 5.87. The standard InChI is InChI=1S/C10H16F3NO3/c1-8(2,3)5-6(15)14-9(4,7(16)17)10(11,12)13/h5H2,1-4H3,(H,14,15)(H,16,17). The van der Waals surface area contributed by atoms with E-state index in [1.165, 1.54) is 5.32 Å². The van der Waals surface area contributed by atoms with Gasteiger partial charge in [-0.15, -0.1) is 0 Å². The van der Waals surface area contributed by atoms with Gasteiger partial charge in [0, 0.05) is 6.42 Å². The number of amides is 1. The number of hydrogen-bond acceptors (Lipinski definition) is 2. The number of carboxylic acids is 1. The highest BCUT2D eigenvalue weighted by Crippen LogP contribution is 2.31. The first kappa shape index (κ1) is 15.7. The lowest BCUT2D eigenvalue weighted by Gasteiger charge is -2.29. The number of carboxylic acid groups (broad SMARTS) is 1. The molecular weight excluding hydrogens is 239 g/mol. The molecule has 0 heterocycles. The number of carbonyl (C=O) groups excluding carboxylic acids is 1. The zero-order valence-corrected chi connectivity index (χ0v) is 10.1. The van der Waals surface area contributed by atoms with Gasteiger partial charge in [0.05, 0.1) is 0 Å². The molecule has 7 heteroatoms. The van der Waals surface area contributed by atoms with Gasteiger partial charge in [-0.25, -0.2) is 4.79 Å². The van der Waals surface area contributed by atoms with Crippen molar-refractivity contribution in [1.82, 2.24) is 5.32 Å². The van der Waals surface area contributed by atoms with E-state index < -0.39 is 29.0 Å². The lowest BCUT2D eigenvalue weighted by Crippen LogP contribution is -2.62. The van der Waals surface area contributed by atoms with Gasteiger partial charge >= 0.3 is 12.1 Å². The molecule has 1 unspecified atom stereocenters. The lowest BCUT2D eigenvalue weighted by molar-refractivity contribution is -0.207. The summed E-state index contributed by atoms with van der Waals surface area (Å²) >= 11 is 0. The highest BCUT2D eigenvalue weighted by atomic mass is 19.4. The zero-order valence-electron chi connectivity index (χ0n) is 10.1. The molecule has 0 fully saturated rings. The molecule has 0 spiro atoms. The second-order valence-corrected chi connectivity index (χ2v) is 5.21. The van der Waals surface area contributed by atoms with Crippen LogP contribution in [0, 0.1) is 5.41 Å². The molecular formula is C10H16F3NO3. The van der Waals surface area contributed by atoms with Gasteiger partial charge in [-0.2, -0.15) is 13.2 Å². The highest BCUT2D eigenvalue weighted by Gasteiger charge is 2.58. The molecule has 4 nitrogen and oxygen atoms in total. The summed E-state index contributed by atoms with van der Waals surface area (Å²) < 4.78 is 37.7. The maximum absolute atomic E-state index is 12.6. The van der Waals surface area contributed by atoms with E-state index >= 15 is 0 Å². The Morgan fingerprint density at radius 1 is 1.12 bits per heavy atom. The second-order valence-electron chi connectivity index (χ2n) is 5.21. The van der Waals surface area contributed by atoms with Crippen molar-refractivity contribution < 1.29 is 27.9 Å². The SMILES string of the molecule is CC(C)(C)CC(=O)NC(C)(C(=O)O)C(F)(F)F. The maximum Gasteiger partial charge on any atom is 0.422 e. The Balaban J connectivity index is 4.93. The molecule has 0 aliphatic rings. The molecule has 0 aromatic carbocycles. The van der Waals surface area contributed by atoms with E-state index in [-0.39, 0.29) is 6.42 Å². The van der Waals surface area contributed by atoms with Crippen LogP contribution in [-0.4, -0.2) is 28.7 Å². The minimum atomic E-state index is -5.05. The van der Waals surface area contributed by atoms with E-state index in [1.54, 1.807) is 20.8 Å². The first-order valence-electron chi connectivity index (χ1n) is 4.91. The van der Waals surface area contributed by atoms with Crippen LogP contribution >= 0.6 is 0 Å². The Morgan fingerprint density at radius 2 is 1.53 bits per heavy atom. The summed E-state index contributed by atoms with van der Waals surface area (Å²) in [6.45, 7) is 5.42. The van der Waals surface area contributed by atoms with E-state index in [1.807, 2.05) is 0 Å². The molecule has 17 heavy (non-hydrogen) atoms. The molecule has 0 aliphatic heterocycles. The summed E-state index contributed by atoms with van der Waals surface area (Å²) in [6, 6.07) is 0. The van der Waals surface area contributed by atoms with Crippen molar-refractivity contribution in [3.63, 3.8) is 0 Å². The van der Waals surface area contributed by atoms with E-state index in [4.69, 9.17) is 5.11 Å². The minimum Gasteiger partial charge on any atom is -0.479 e. The molecule has 100 valence electrons. The average molecular weight is 255 g/mol. The predicted molar refractivity (Wildman–Crippen MR) is 54.3 cm³/mol. The Labute approximate surface area is 97.2 Å². The number of alkyl halides is 3. The van der Waals surface area contributed by atoms with Crippen LogP contribution in [-0.2, 0) is 9.59 Å². The van der Waals surface area contributed by atoms with Crippen molar-refractivity contribution in [1.29, 1.82) is 0 Å². The van der Waals surface area contributed by atoms with Crippen LogP contribution in [0.1, 0.15) is 34.1 Å². The van der Waals surface area contributed by atoms with Crippen LogP contribution in [0.5, 0.6) is 0 Å². The van der Waals surface area contributed by atoms with Crippen LogP contribution in [0.15, 0.2) is 0 Å². The molecule has 0 saturated carbocycles. The quantitative estimate of drug-likeness (QED) is 0.810. The first-order chi connectivity index (χ1) is 7.29. The predicted octanol–water partition coefficient (Wildman–Crippen LogP) is 1.94. The van der Waals surface area contributed by atoms with Crippen LogP contribution in [0.3, 0.4) is 0 Å². The van der Waals surface area contributed by atoms with Crippen LogP contribution < -0.4 is 5.32 Å². The van der Waals surface area contributed by atoms with E-state index in [0.29, 0.717) is 6.92 Å². The normalized spacial score (nSPS) is 16.2. The summed E-state index contributed by atoms with van der Waals surface area (Å²) in [5.41, 5.74) is -3.77. The Bertz CT molecular complexity index is 320. The van der Waals surface area contributed by atoms with Crippen molar-refractivity contribution >= 4 is 11.9 Å². The molecule has 1 atom stereocenters. The third kappa shape index (κ3) is 4.24. The Hall–Kier alpha value is -1.27. The van der Waals surface area contributed by atoms with Crippen molar-refractivity contribution in [2.24, 2.45) is 5.41 Å². The van der Waals surface area contributed by atoms with E-state index in [9.17, 15) is 22.8 Å². The van der Waals surface area contributed by atoms with Gasteiger partial charge in [0.25, 0.3) is 0 Å². The van der Waals surface area contributed by atoms with Gasteiger partial charge in [0.2, 0.25) is 11.4 Å². The fourth-order valence-corrected chi connectivity index (χ4v) is 1.05. The van der Waals surface area contributed by atoms with Crippen LogP contribution in [0.25, 0.3) is 0 Å². The number of halogens is 3. The first-order valence-corrected chi connectivity index (χ1v) is 4.91. The maximum atomic E-state index is 12.6. The minimum absolute atomic E-state index is 0.189. The van der Waals surface area contributed by atoms with Gasteiger partial charge in [-0.1, -0.05) is 20.8 Å². The molecule has 0 rings (SSSR count). The molecule has 0 bridgehead atoms. The molecule has 0 aliphatic carbocycles. The zero-order chi connectivity index (χ0) is 14.1. The largest absolute Gasteiger partial charge is 0.479 e. The summed E-state index contributed by atoms with van der Waals surface area (Å²) in [5, 5.41) is 10.1. The number of hydrogen-bond donors (Lipinski definition) is 2.